The van der Waals surface area contributed by atoms with E-state index in [2.05, 4.69) is 24.3 Å². The molecular formula is C9H18N4O. The van der Waals surface area contributed by atoms with Gasteiger partial charge in [0.2, 0.25) is 0 Å². The Morgan fingerprint density at radius 2 is 2.21 bits per heavy atom. The third-order valence-electron chi connectivity index (χ3n) is 2.43. The van der Waals surface area contributed by atoms with Crippen LogP contribution in [0.15, 0.2) is 11.1 Å². The number of aryl methyl sites for hydroxylation is 1. The zero-order valence-electron chi connectivity index (χ0n) is 9.19. The average molecular weight is 198 g/mol. The van der Waals surface area contributed by atoms with Crippen molar-refractivity contribution in [3.05, 3.63) is 16.8 Å². The molecule has 0 aliphatic carbocycles. The van der Waals surface area contributed by atoms with Gasteiger partial charge >= 0.3 is 5.69 Å². The third kappa shape index (κ3) is 2.23. The second-order valence-corrected chi connectivity index (χ2v) is 3.85. The summed E-state index contributed by atoms with van der Waals surface area (Å²) in [5, 5.41) is 7.19. The normalized spacial score (nSPS) is 13.5. The molecule has 0 saturated carbocycles. The van der Waals surface area contributed by atoms with Crippen molar-refractivity contribution in [3.63, 3.8) is 0 Å². The number of nitrogens with one attached hydrogen (secondary N) is 1. The van der Waals surface area contributed by atoms with Crippen LogP contribution in [0.2, 0.25) is 0 Å². The molecule has 1 heterocycles. The maximum Gasteiger partial charge on any atom is 0.345 e. The zero-order chi connectivity index (χ0) is 10.7. The minimum atomic E-state index is -0.0640. The van der Waals surface area contributed by atoms with Crippen molar-refractivity contribution in [2.45, 2.75) is 26.4 Å². The van der Waals surface area contributed by atoms with Crippen LogP contribution in [-0.2, 0) is 13.6 Å². The van der Waals surface area contributed by atoms with Crippen LogP contribution in [0.4, 0.5) is 0 Å². The van der Waals surface area contributed by atoms with Gasteiger partial charge in [0.05, 0.1) is 6.54 Å². The number of likely N-dealkylation sites (N-methyl/N-ethyl adjacent to an activating group) is 1. The lowest BCUT2D eigenvalue weighted by atomic mass is 10.1. The molecule has 0 spiro atoms. The lowest BCUT2D eigenvalue weighted by Crippen LogP contribution is -2.38. The first-order chi connectivity index (χ1) is 6.56. The van der Waals surface area contributed by atoms with E-state index in [0.717, 1.165) is 0 Å². The summed E-state index contributed by atoms with van der Waals surface area (Å²) in [7, 11) is 3.61. The molecule has 1 aromatic heterocycles. The second kappa shape index (κ2) is 4.41. The number of hydrogen-bond acceptors (Lipinski definition) is 3. The van der Waals surface area contributed by atoms with Crippen molar-refractivity contribution in [3.8, 4) is 0 Å². The van der Waals surface area contributed by atoms with Gasteiger partial charge in [0.15, 0.2) is 0 Å². The minimum Gasteiger partial charge on any atom is -0.315 e. The van der Waals surface area contributed by atoms with Gasteiger partial charge in [-0.1, -0.05) is 13.8 Å². The van der Waals surface area contributed by atoms with Crippen LogP contribution in [0.1, 0.15) is 13.8 Å². The molecule has 0 fully saturated rings. The lowest BCUT2D eigenvalue weighted by molar-refractivity contribution is 0.357. The Labute approximate surface area is 83.7 Å². The first-order valence-electron chi connectivity index (χ1n) is 4.82. The summed E-state index contributed by atoms with van der Waals surface area (Å²) in [6.45, 7) is 4.86. The molecule has 5 nitrogen and oxygen atoms in total. The highest BCUT2D eigenvalue weighted by Gasteiger charge is 2.13. The van der Waals surface area contributed by atoms with E-state index < -0.39 is 0 Å². The Bertz CT molecular complexity index is 339. The van der Waals surface area contributed by atoms with Crippen LogP contribution in [0.3, 0.4) is 0 Å². The molecule has 0 radical (unpaired) electrons. The highest BCUT2D eigenvalue weighted by Crippen LogP contribution is 2.01. The molecule has 14 heavy (non-hydrogen) atoms. The van der Waals surface area contributed by atoms with Crippen LogP contribution >= 0.6 is 0 Å². The fraction of sp³-hybridized carbons (Fsp3) is 0.778. The molecule has 0 amide bonds. The molecule has 0 aliphatic heterocycles. The van der Waals surface area contributed by atoms with Gasteiger partial charge in [-0.2, -0.15) is 5.10 Å². The summed E-state index contributed by atoms with van der Waals surface area (Å²) < 4.78 is 2.97. The molecular weight excluding hydrogens is 180 g/mol. The topological polar surface area (TPSA) is 51.9 Å². The fourth-order valence-corrected chi connectivity index (χ4v) is 1.37. The van der Waals surface area contributed by atoms with Crippen LogP contribution in [0.25, 0.3) is 0 Å². The summed E-state index contributed by atoms with van der Waals surface area (Å²) in [6, 6.07) is 0.280. The van der Waals surface area contributed by atoms with Gasteiger partial charge in [-0.05, 0) is 13.0 Å². The highest BCUT2D eigenvalue weighted by atomic mass is 16.2. The monoisotopic (exact) mass is 198 g/mol. The Kier molecular flexibility index (Phi) is 3.46. The average Bonchev–Trinajstić information content (AvgIpc) is 2.44. The molecule has 0 aromatic carbocycles. The second-order valence-electron chi connectivity index (χ2n) is 3.85. The van der Waals surface area contributed by atoms with Gasteiger partial charge in [-0.3, -0.25) is 4.57 Å². The lowest BCUT2D eigenvalue weighted by Gasteiger charge is -2.19. The standard InChI is InChI=1S/C9H18N4O/c1-7(2)8(10-3)5-13-9(14)12(4)6-11-13/h6-8,10H,5H2,1-4H3. The summed E-state index contributed by atoms with van der Waals surface area (Å²) in [6.07, 6.45) is 1.54. The maximum atomic E-state index is 11.5. The Morgan fingerprint density at radius 1 is 1.57 bits per heavy atom. The molecule has 0 saturated heterocycles. The van der Waals surface area contributed by atoms with E-state index in [4.69, 9.17) is 0 Å². The van der Waals surface area contributed by atoms with E-state index in [1.807, 2.05) is 7.05 Å². The van der Waals surface area contributed by atoms with Gasteiger partial charge in [0, 0.05) is 13.1 Å². The quantitative estimate of drug-likeness (QED) is 0.730. The largest absolute Gasteiger partial charge is 0.345 e. The van der Waals surface area contributed by atoms with Crippen LogP contribution in [-0.4, -0.2) is 27.4 Å². The predicted molar refractivity (Wildman–Crippen MR) is 55.2 cm³/mol. The minimum absolute atomic E-state index is 0.0640. The molecule has 0 aliphatic rings. The van der Waals surface area contributed by atoms with Gasteiger partial charge in [-0.25, -0.2) is 9.48 Å². The molecule has 0 bridgehead atoms. The van der Waals surface area contributed by atoms with Crippen molar-refractivity contribution in [1.29, 1.82) is 0 Å². The molecule has 1 atom stereocenters. The van der Waals surface area contributed by atoms with E-state index in [1.165, 1.54) is 15.6 Å². The van der Waals surface area contributed by atoms with E-state index in [1.54, 1.807) is 7.05 Å². The summed E-state index contributed by atoms with van der Waals surface area (Å²) >= 11 is 0. The summed E-state index contributed by atoms with van der Waals surface area (Å²) in [4.78, 5) is 11.5. The van der Waals surface area contributed by atoms with E-state index in [9.17, 15) is 4.79 Å². The van der Waals surface area contributed by atoms with E-state index in [-0.39, 0.29) is 11.7 Å². The first-order valence-corrected chi connectivity index (χ1v) is 4.82. The smallest absolute Gasteiger partial charge is 0.315 e. The highest BCUT2D eigenvalue weighted by molar-refractivity contribution is 4.72. The maximum absolute atomic E-state index is 11.5. The fourth-order valence-electron chi connectivity index (χ4n) is 1.37. The molecule has 5 heteroatoms. The number of rotatable bonds is 4. The number of aromatic nitrogens is 3. The first kappa shape index (κ1) is 11.0. The molecule has 1 N–H and O–H groups in total. The van der Waals surface area contributed by atoms with Crippen molar-refractivity contribution in [1.82, 2.24) is 19.7 Å². The third-order valence-corrected chi connectivity index (χ3v) is 2.43. The van der Waals surface area contributed by atoms with Crippen LogP contribution in [0.5, 0.6) is 0 Å². The van der Waals surface area contributed by atoms with Crippen molar-refractivity contribution in [2.24, 2.45) is 13.0 Å². The van der Waals surface area contributed by atoms with Crippen LogP contribution < -0.4 is 11.0 Å². The van der Waals surface area contributed by atoms with Gasteiger partial charge in [-0.15, -0.1) is 0 Å². The summed E-state index contributed by atoms with van der Waals surface area (Å²) in [5.74, 6) is 0.480. The van der Waals surface area contributed by atoms with E-state index >= 15 is 0 Å². The molecule has 1 unspecified atom stereocenters. The SMILES string of the molecule is CNC(Cn1ncn(C)c1=O)C(C)C. The van der Waals surface area contributed by atoms with Gasteiger partial charge in [0.25, 0.3) is 0 Å². The number of nitrogens with zero attached hydrogens (tertiary/aromatic N) is 3. The molecule has 1 rings (SSSR count). The molecule has 1 aromatic rings. The Hall–Kier alpha value is -1.10. The van der Waals surface area contributed by atoms with Crippen molar-refractivity contribution in [2.75, 3.05) is 7.05 Å². The van der Waals surface area contributed by atoms with Gasteiger partial charge < -0.3 is 5.32 Å². The van der Waals surface area contributed by atoms with E-state index in [0.29, 0.717) is 12.5 Å². The Balaban J connectivity index is 2.77. The van der Waals surface area contributed by atoms with Gasteiger partial charge in [0.1, 0.15) is 6.33 Å². The van der Waals surface area contributed by atoms with Crippen molar-refractivity contribution < 1.29 is 0 Å². The Morgan fingerprint density at radius 3 is 2.57 bits per heavy atom. The zero-order valence-corrected chi connectivity index (χ0v) is 9.19. The van der Waals surface area contributed by atoms with Crippen molar-refractivity contribution >= 4 is 0 Å². The molecule has 80 valence electrons. The number of hydrogen-bond donors (Lipinski definition) is 1. The predicted octanol–water partition coefficient (Wildman–Crippen LogP) is -0.174. The summed E-state index contributed by atoms with van der Waals surface area (Å²) in [5.41, 5.74) is -0.0640. The van der Waals surface area contributed by atoms with Crippen LogP contribution in [0, 0.1) is 5.92 Å².